The maximum absolute atomic E-state index is 13.2. The van der Waals surface area contributed by atoms with Gasteiger partial charge in [-0.2, -0.15) is 23.4 Å². The van der Waals surface area contributed by atoms with Gasteiger partial charge >= 0.3 is 6.18 Å². The summed E-state index contributed by atoms with van der Waals surface area (Å²) in [6.45, 7) is 4.16. The molecule has 0 atom stereocenters. The Morgan fingerprint density at radius 2 is 2.00 bits per heavy atom. The molecule has 0 saturated carbocycles. The molecule has 3 aromatic heterocycles. The number of hydrogen-bond donors (Lipinski definition) is 1. The molecule has 1 amide bonds. The van der Waals surface area contributed by atoms with E-state index in [9.17, 15) is 18.0 Å². The molecule has 0 fully saturated rings. The molecule has 0 unspecified atom stereocenters. The fourth-order valence-electron chi connectivity index (χ4n) is 2.57. The highest BCUT2D eigenvalue weighted by molar-refractivity contribution is 6.36. The normalized spacial score (nSPS) is 11.9. The number of amides is 1. The first-order valence-corrected chi connectivity index (χ1v) is 8.46. The van der Waals surface area contributed by atoms with Crippen LogP contribution in [0.3, 0.4) is 0 Å². The van der Waals surface area contributed by atoms with E-state index >= 15 is 0 Å². The quantitative estimate of drug-likeness (QED) is 0.668. The number of aryl methyl sites for hydroxylation is 3. The van der Waals surface area contributed by atoms with Gasteiger partial charge < -0.3 is 5.32 Å². The van der Waals surface area contributed by atoms with E-state index in [1.165, 1.54) is 6.92 Å². The highest BCUT2D eigenvalue weighted by Gasteiger charge is 2.36. The zero-order valence-corrected chi connectivity index (χ0v) is 15.3. The van der Waals surface area contributed by atoms with Crippen molar-refractivity contribution in [2.75, 3.05) is 6.54 Å². The third-order valence-electron chi connectivity index (χ3n) is 3.79. The third-order valence-corrected chi connectivity index (χ3v) is 4.14. The Morgan fingerprint density at radius 3 is 2.63 bits per heavy atom. The summed E-state index contributed by atoms with van der Waals surface area (Å²) in [6, 6.07) is 2.71. The number of fused-ring (bicyclic) bond motifs is 1. The second kappa shape index (κ2) is 7.18. The van der Waals surface area contributed by atoms with Gasteiger partial charge in [-0.3, -0.25) is 9.48 Å². The molecular formula is C16H16ClF3N6O. The summed E-state index contributed by atoms with van der Waals surface area (Å²) in [5.41, 5.74) is -0.534. The first kappa shape index (κ1) is 19.2. The molecule has 3 aromatic rings. The highest BCUT2D eigenvalue weighted by Crippen LogP contribution is 2.32. The highest BCUT2D eigenvalue weighted by atomic mass is 35.5. The fourth-order valence-corrected chi connectivity index (χ4v) is 2.82. The molecule has 144 valence electrons. The largest absolute Gasteiger partial charge is 0.433 e. The summed E-state index contributed by atoms with van der Waals surface area (Å²) in [5.74, 6) is -0.659. The lowest BCUT2D eigenvalue weighted by atomic mass is 10.3. The van der Waals surface area contributed by atoms with Crippen molar-refractivity contribution in [3.05, 3.63) is 46.1 Å². The lowest BCUT2D eigenvalue weighted by molar-refractivity contribution is -0.142. The third kappa shape index (κ3) is 4.05. The van der Waals surface area contributed by atoms with Crippen LogP contribution in [0, 0.1) is 13.8 Å². The van der Waals surface area contributed by atoms with E-state index in [1.54, 1.807) is 4.68 Å². The van der Waals surface area contributed by atoms with Gasteiger partial charge in [0.25, 0.3) is 5.91 Å². The molecule has 0 saturated heterocycles. The average Bonchev–Trinajstić information content (AvgIpc) is 3.14. The molecule has 0 bridgehead atoms. The van der Waals surface area contributed by atoms with Crippen LogP contribution >= 0.6 is 11.6 Å². The van der Waals surface area contributed by atoms with Crippen LogP contribution in [0.2, 0.25) is 5.02 Å². The number of halogens is 4. The van der Waals surface area contributed by atoms with Gasteiger partial charge in [-0.25, -0.2) is 9.50 Å². The van der Waals surface area contributed by atoms with Crippen molar-refractivity contribution in [3.63, 3.8) is 0 Å². The number of carbonyl (C=O) groups excluding carboxylic acids is 1. The minimum atomic E-state index is -4.66. The number of carbonyl (C=O) groups is 1. The van der Waals surface area contributed by atoms with Gasteiger partial charge in [-0.15, -0.1) is 0 Å². The Kier molecular flexibility index (Phi) is 5.09. The molecule has 0 aliphatic carbocycles. The van der Waals surface area contributed by atoms with Crippen molar-refractivity contribution in [1.82, 2.24) is 29.7 Å². The molecule has 7 nitrogen and oxygen atoms in total. The zero-order chi connectivity index (χ0) is 19.8. The SMILES string of the molecule is Cc1cc(C(F)(F)F)n2nc(C(=O)NCCCn3ccc(C)n3)c(Cl)c2n1. The molecule has 0 spiro atoms. The zero-order valence-electron chi connectivity index (χ0n) is 14.5. The van der Waals surface area contributed by atoms with Crippen molar-refractivity contribution in [2.45, 2.75) is 33.0 Å². The van der Waals surface area contributed by atoms with Crippen LogP contribution in [0.4, 0.5) is 13.2 Å². The van der Waals surface area contributed by atoms with Crippen LogP contribution in [-0.2, 0) is 12.7 Å². The van der Waals surface area contributed by atoms with Crippen molar-refractivity contribution in [2.24, 2.45) is 0 Å². The van der Waals surface area contributed by atoms with Gasteiger partial charge in [-0.1, -0.05) is 11.6 Å². The van der Waals surface area contributed by atoms with Crippen LogP contribution in [0.1, 0.15) is 34.0 Å². The van der Waals surface area contributed by atoms with Gasteiger partial charge in [0, 0.05) is 25.0 Å². The van der Waals surface area contributed by atoms with E-state index in [1.807, 2.05) is 19.2 Å². The maximum atomic E-state index is 13.2. The smallest absolute Gasteiger partial charge is 0.351 e. The van der Waals surface area contributed by atoms with E-state index in [0.717, 1.165) is 11.8 Å². The maximum Gasteiger partial charge on any atom is 0.433 e. The Morgan fingerprint density at radius 1 is 1.26 bits per heavy atom. The number of aromatic nitrogens is 5. The Bertz CT molecular complexity index is 994. The molecule has 0 aliphatic heterocycles. The van der Waals surface area contributed by atoms with Crippen molar-refractivity contribution in [1.29, 1.82) is 0 Å². The second-order valence-corrected chi connectivity index (χ2v) is 6.39. The van der Waals surface area contributed by atoms with Gasteiger partial charge in [0.1, 0.15) is 10.7 Å². The van der Waals surface area contributed by atoms with E-state index in [2.05, 4.69) is 20.5 Å². The summed E-state index contributed by atoms with van der Waals surface area (Å²) in [7, 11) is 0. The predicted molar refractivity (Wildman–Crippen MR) is 91.7 cm³/mol. The molecule has 3 rings (SSSR count). The first-order chi connectivity index (χ1) is 12.7. The molecule has 3 heterocycles. The molecule has 11 heteroatoms. The molecule has 0 radical (unpaired) electrons. The van der Waals surface area contributed by atoms with Gasteiger partial charge in [-0.05, 0) is 32.4 Å². The molecule has 27 heavy (non-hydrogen) atoms. The molecule has 0 aromatic carbocycles. The van der Waals surface area contributed by atoms with Crippen molar-refractivity contribution in [3.8, 4) is 0 Å². The van der Waals surface area contributed by atoms with Crippen LogP contribution < -0.4 is 5.32 Å². The lowest BCUT2D eigenvalue weighted by Gasteiger charge is -2.09. The Balaban J connectivity index is 1.75. The van der Waals surface area contributed by atoms with Gasteiger partial charge in [0.05, 0.1) is 5.69 Å². The van der Waals surface area contributed by atoms with E-state index < -0.39 is 17.8 Å². The standard InChI is InChI=1S/C16H16ClF3N6O/c1-9-4-7-25(23-9)6-3-5-21-15(27)13-12(17)14-22-10(2)8-11(16(18,19)20)26(14)24-13/h4,7-8H,3,5-6H2,1-2H3,(H,21,27). The Hall–Kier alpha value is -2.62. The minimum absolute atomic E-state index is 0.123. The van der Waals surface area contributed by atoms with Crippen LogP contribution in [0.5, 0.6) is 0 Å². The number of nitrogens with zero attached hydrogens (tertiary/aromatic N) is 5. The summed E-state index contributed by atoms with van der Waals surface area (Å²) in [4.78, 5) is 16.3. The number of rotatable bonds is 5. The number of nitrogens with one attached hydrogen (secondary N) is 1. The van der Waals surface area contributed by atoms with Crippen LogP contribution in [0.15, 0.2) is 18.3 Å². The van der Waals surface area contributed by atoms with E-state index in [-0.39, 0.29) is 22.1 Å². The van der Waals surface area contributed by atoms with Crippen molar-refractivity contribution >= 4 is 23.2 Å². The van der Waals surface area contributed by atoms with Gasteiger partial charge in [0.15, 0.2) is 11.3 Å². The topological polar surface area (TPSA) is 77.1 Å². The van der Waals surface area contributed by atoms with Gasteiger partial charge in [0.2, 0.25) is 0 Å². The Labute approximate surface area is 157 Å². The number of hydrogen-bond acceptors (Lipinski definition) is 4. The van der Waals surface area contributed by atoms with Crippen LogP contribution in [0.25, 0.3) is 5.65 Å². The van der Waals surface area contributed by atoms with E-state index in [4.69, 9.17) is 11.6 Å². The molecular weight excluding hydrogens is 385 g/mol. The number of alkyl halides is 3. The van der Waals surface area contributed by atoms with Crippen molar-refractivity contribution < 1.29 is 18.0 Å². The first-order valence-electron chi connectivity index (χ1n) is 8.08. The lowest BCUT2D eigenvalue weighted by Crippen LogP contribution is -2.26. The summed E-state index contributed by atoms with van der Waals surface area (Å²) in [5, 5.41) is 10.3. The summed E-state index contributed by atoms with van der Waals surface area (Å²) < 4.78 is 41.9. The monoisotopic (exact) mass is 400 g/mol. The molecule has 0 aliphatic rings. The fraction of sp³-hybridized carbons (Fsp3) is 0.375. The summed E-state index contributed by atoms with van der Waals surface area (Å²) in [6.07, 6.45) is -2.25. The second-order valence-electron chi connectivity index (χ2n) is 6.01. The predicted octanol–water partition coefficient (Wildman–Crippen LogP) is 3.03. The average molecular weight is 401 g/mol. The minimum Gasteiger partial charge on any atom is -0.351 e. The van der Waals surface area contributed by atoms with E-state index in [0.29, 0.717) is 24.0 Å². The molecule has 1 N–H and O–H groups in total. The summed E-state index contributed by atoms with van der Waals surface area (Å²) >= 11 is 6.07. The van der Waals surface area contributed by atoms with Crippen LogP contribution in [-0.4, -0.2) is 36.8 Å².